The zero-order valence-electron chi connectivity index (χ0n) is 18.4. The Morgan fingerprint density at radius 1 is 1.14 bits per heavy atom. The van der Waals surface area contributed by atoms with Crippen LogP contribution in [0.2, 0.25) is 0 Å². The molecule has 164 valence electrons. The third-order valence-electron chi connectivity index (χ3n) is 5.15. The van der Waals surface area contributed by atoms with Crippen LogP contribution in [-0.4, -0.2) is 57.5 Å². The molecule has 7 nitrogen and oxygen atoms in total. The molecule has 1 aromatic rings. The van der Waals surface area contributed by atoms with Crippen molar-refractivity contribution in [2.45, 2.75) is 71.0 Å². The van der Waals surface area contributed by atoms with E-state index in [0.717, 1.165) is 43.0 Å². The highest BCUT2D eigenvalue weighted by molar-refractivity contribution is 7.88. The topological polar surface area (TPSA) is 85.8 Å². The summed E-state index contributed by atoms with van der Waals surface area (Å²) >= 11 is 0. The molecule has 0 aromatic heterocycles. The van der Waals surface area contributed by atoms with Gasteiger partial charge in [-0.1, -0.05) is 24.3 Å². The number of likely N-dealkylation sites (tertiary alicyclic amines) is 1. The second-order valence-electron chi connectivity index (χ2n) is 8.27. The van der Waals surface area contributed by atoms with Gasteiger partial charge in [-0.3, -0.25) is 4.99 Å². The highest BCUT2D eigenvalue weighted by Gasteiger charge is 2.21. The lowest BCUT2D eigenvalue weighted by atomic mass is 10.0. The van der Waals surface area contributed by atoms with Crippen LogP contribution in [0.1, 0.15) is 51.7 Å². The Bertz CT molecular complexity index is 769. The molecule has 0 atom stereocenters. The molecule has 0 unspecified atom stereocenters. The minimum Gasteiger partial charge on any atom is -0.354 e. The monoisotopic (exact) mass is 423 g/mol. The normalized spacial score (nSPS) is 17.1. The van der Waals surface area contributed by atoms with Gasteiger partial charge in [0.25, 0.3) is 0 Å². The predicted octanol–water partition coefficient (Wildman–Crippen LogP) is 2.05. The van der Waals surface area contributed by atoms with Crippen molar-refractivity contribution >= 4 is 16.0 Å². The molecule has 1 fully saturated rings. The molecule has 0 spiro atoms. The molecular weight excluding hydrogens is 386 g/mol. The average Bonchev–Trinajstić information content (AvgIpc) is 2.65. The molecule has 8 heteroatoms. The number of hydrogen-bond acceptors (Lipinski definition) is 4. The van der Waals surface area contributed by atoms with Crippen LogP contribution in [0.25, 0.3) is 0 Å². The molecule has 0 saturated carbocycles. The summed E-state index contributed by atoms with van der Waals surface area (Å²) in [6, 6.07) is 8.51. The van der Waals surface area contributed by atoms with Crippen LogP contribution < -0.4 is 15.4 Å². The van der Waals surface area contributed by atoms with Gasteiger partial charge in [-0.25, -0.2) is 13.1 Å². The average molecular weight is 424 g/mol. The van der Waals surface area contributed by atoms with Crippen LogP contribution in [-0.2, 0) is 22.3 Å². The number of hydrogen-bond donors (Lipinski definition) is 3. The number of rotatable bonds is 8. The molecule has 0 aliphatic carbocycles. The Kier molecular flexibility index (Phi) is 8.92. The largest absolute Gasteiger partial charge is 0.354 e. The number of guanidine groups is 1. The number of piperidine rings is 1. The maximum atomic E-state index is 12.3. The maximum absolute atomic E-state index is 12.3. The molecule has 2 rings (SSSR count). The molecule has 3 N–H and O–H groups in total. The molecular formula is C21H37N5O2S. The smallest absolute Gasteiger partial charge is 0.216 e. The second-order valence-corrected chi connectivity index (χ2v) is 10.0. The number of aliphatic imine (C=N–C) groups is 1. The van der Waals surface area contributed by atoms with Crippen LogP contribution in [0.4, 0.5) is 0 Å². The van der Waals surface area contributed by atoms with Crippen molar-refractivity contribution in [1.82, 2.24) is 20.3 Å². The molecule has 0 radical (unpaired) electrons. The summed E-state index contributed by atoms with van der Waals surface area (Å²) in [5, 5.41) is 6.85. The van der Waals surface area contributed by atoms with Gasteiger partial charge in [-0.15, -0.1) is 0 Å². The Balaban J connectivity index is 1.93. The second kappa shape index (κ2) is 10.9. The van der Waals surface area contributed by atoms with Gasteiger partial charge in [-0.05, 0) is 51.7 Å². The van der Waals surface area contributed by atoms with Gasteiger partial charge in [0.1, 0.15) is 0 Å². The summed E-state index contributed by atoms with van der Waals surface area (Å²) in [5.74, 6) is 0.730. The van der Waals surface area contributed by atoms with Gasteiger partial charge in [-0.2, -0.15) is 0 Å². The molecule has 1 heterocycles. The first-order chi connectivity index (χ1) is 13.7. The van der Waals surface area contributed by atoms with Crippen molar-refractivity contribution in [2.75, 3.05) is 20.1 Å². The van der Waals surface area contributed by atoms with Gasteiger partial charge in [0.15, 0.2) is 5.96 Å². The lowest BCUT2D eigenvalue weighted by Gasteiger charge is -2.35. The summed E-state index contributed by atoms with van der Waals surface area (Å²) < 4.78 is 27.3. The third kappa shape index (κ3) is 7.95. The van der Waals surface area contributed by atoms with Crippen molar-refractivity contribution in [3.8, 4) is 0 Å². The van der Waals surface area contributed by atoms with Crippen molar-refractivity contribution in [1.29, 1.82) is 0 Å². The number of sulfonamides is 1. The SMILES string of the molecule is CN=C(NCc1ccccc1CS(=O)(=O)NC(C)C)NC1CCN(C(C)C)CC1. The minimum absolute atomic E-state index is 0.0251. The summed E-state index contributed by atoms with van der Waals surface area (Å²) in [5.41, 5.74) is 1.76. The van der Waals surface area contributed by atoms with E-state index in [-0.39, 0.29) is 11.8 Å². The van der Waals surface area contributed by atoms with Crippen LogP contribution in [0.15, 0.2) is 29.3 Å². The van der Waals surface area contributed by atoms with Crippen LogP contribution in [0.3, 0.4) is 0 Å². The fourth-order valence-corrected chi connectivity index (χ4v) is 5.10. The Labute approximate surface area is 176 Å². The minimum atomic E-state index is -3.36. The van der Waals surface area contributed by atoms with E-state index in [1.54, 1.807) is 7.05 Å². The van der Waals surface area contributed by atoms with Gasteiger partial charge < -0.3 is 15.5 Å². The van der Waals surface area contributed by atoms with Gasteiger partial charge in [0.05, 0.1) is 5.75 Å². The van der Waals surface area contributed by atoms with Crippen LogP contribution in [0.5, 0.6) is 0 Å². The molecule has 1 saturated heterocycles. The fraction of sp³-hybridized carbons (Fsp3) is 0.667. The standard InChI is InChI=1S/C21H37N5O2S/c1-16(2)25-29(27,28)15-19-9-7-6-8-18(19)14-23-21(22-5)24-20-10-12-26(13-11-20)17(3)4/h6-9,16-17,20,25H,10-15H2,1-5H3,(H2,22,23,24). The third-order valence-corrected chi connectivity index (χ3v) is 6.67. The fourth-order valence-electron chi connectivity index (χ4n) is 3.60. The van der Waals surface area contributed by atoms with Crippen molar-refractivity contribution in [2.24, 2.45) is 4.99 Å². The first-order valence-electron chi connectivity index (χ1n) is 10.5. The number of nitrogens with one attached hydrogen (secondary N) is 3. The molecule has 1 aromatic carbocycles. The quantitative estimate of drug-likeness (QED) is 0.440. The lowest BCUT2D eigenvalue weighted by molar-refractivity contribution is 0.167. The Hall–Kier alpha value is -1.64. The Morgan fingerprint density at radius 3 is 2.31 bits per heavy atom. The van der Waals surface area contributed by atoms with Crippen molar-refractivity contribution in [3.05, 3.63) is 35.4 Å². The van der Waals surface area contributed by atoms with E-state index in [1.807, 2.05) is 38.1 Å². The van der Waals surface area contributed by atoms with E-state index in [2.05, 4.69) is 39.1 Å². The first kappa shape index (κ1) is 23.6. The predicted molar refractivity (Wildman–Crippen MR) is 120 cm³/mol. The van der Waals surface area contributed by atoms with E-state index in [9.17, 15) is 8.42 Å². The van der Waals surface area contributed by atoms with Crippen molar-refractivity contribution in [3.63, 3.8) is 0 Å². The lowest BCUT2D eigenvalue weighted by Crippen LogP contribution is -2.49. The van der Waals surface area contributed by atoms with E-state index in [0.29, 0.717) is 18.6 Å². The molecule has 29 heavy (non-hydrogen) atoms. The summed E-state index contributed by atoms with van der Waals surface area (Å²) in [7, 11) is -1.60. The van der Waals surface area contributed by atoms with E-state index >= 15 is 0 Å². The maximum Gasteiger partial charge on any atom is 0.216 e. The zero-order chi connectivity index (χ0) is 21.4. The highest BCUT2D eigenvalue weighted by atomic mass is 32.2. The molecule has 0 amide bonds. The molecule has 1 aliphatic heterocycles. The Morgan fingerprint density at radius 2 is 1.76 bits per heavy atom. The summed E-state index contributed by atoms with van der Waals surface area (Å²) in [6.07, 6.45) is 2.18. The van der Waals surface area contributed by atoms with Crippen molar-refractivity contribution < 1.29 is 8.42 Å². The first-order valence-corrected chi connectivity index (χ1v) is 12.1. The van der Waals surface area contributed by atoms with Gasteiger partial charge >= 0.3 is 0 Å². The van der Waals surface area contributed by atoms with Crippen LogP contribution >= 0.6 is 0 Å². The number of nitrogens with zero attached hydrogens (tertiary/aromatic N) is 2. The summed E-state index contributed by atoms with van der Waals surface area (Å²) in [6.45, 7) is 10.8. The van der Waals surface area contributed by atoms with E-state index in [1.165, 1.54) is 0 Å². The summed E-state index contributed by atoms with van der Waals surface area (Å²) in [4.78, 5) is 6.84. The molecule has 1 aliphatic rings. The van der Waals surface area contributed by atoms with Crippen LogP contribution in [0, 0.1) is 0 Å². The van der Waals surface area contributed by atoms with E-state index < -0.39 is 10.0 Å². The highest BCUT2D eigenvalue weighted by Crippen LogP contribution is 2.14. The zero-order valence-corrected chi connectivity index (χ0v) is 19.2. The number of benzene rings is 1. The van der Waals surface area contributed by atoms with Gasteiger partial charge in [0, 0.05) is 44.8 Å². The molecule has 0 bridgehead atoms. The van der Waals surface area contributed by atoms with E-state index in [4.69, 9.17) is 0 Å². The van der Waals surface area contributed by atoms with Gasteiger partial charge in [0.2, 0.25) is 10.0 Å².